The van der Waals surface area contributed by atoms with E-state index in [1.54, 1.807) is 22.2 Å². The van der Waals surface area contributed by atoms with Crippen LogP contribution in [0.3, 0.4) is 0 Å². The lowest BCUT2D eigenvalue weighted by molar-refractivity contribution is -0.146. The molecule has 1 unspecified atom stereocenters. The molecule has 1 aromatic rings. The number of aryl methyl sites for hydroxylation is 1. The standard InChI is InChI=1S/C17H23N3O3/c1-13-10-14(12-18-11-13)15(22)20-7-3-5-17(20)4-2-6-19(8-9-21)16(17)23/h10-12,21H,2-9H2,1H3. The summed E-state index contributed by atoms with van der Waals surface area (Å²) in [6.07, 6.45) is 6.40. The van der Waals surface area contributed by atoms with Crippen molar-refractivity contribution in [2.75, 3.05) is 26.2 Å². The van der Waals surface area contributed by atoms with Crippen molar-refractivity contribution in [2.24, 2.45) is 0 Å². The first-order chi connectivity index (χ1) is 11.1. The second kappa shape index (κ2) is 6.28. The maximum atomic E-state index is 13.0. The van der Waals surface area contributed by atoms with Crippen molar-refractivity contribution in [3.63, 3.8) is 0 Å². The highest BCUT2D eigenvalue weighted by Gasteiger charge is 2.52. The van der Waals surface area contributed by atoms with Crippen molar-refractivity contribution < 1.29 is 14.7 Å². The highest BCUT2D eigenvalue weighted by atomic mass is 16.3. The van der Waals surface area contributed by atoms with Crippen molar-refractivity contribution in [3.05, 3.63) is 29.6 Å². The van der Waals surface area contributed by atoms with Crippen molar-refractivity contribution in [3.8, 4) is 0 Å². The molecule has 0 aromatic carbocycles. The fraction of sp³-hybridized carbons (Fsp3) is 0.588. The van der Waals surface area contributed by atoms with E-state index in [1.165, 1.54) is 0 Å². The molecule has 0 radical (unpaired) electrons. The molecule has 2 aliphatic heterocycles. The topological polar surface area (TPSA) is 73.7 Å². The first kappa shape index (κ1) is 15.9. The van der Waals surface area contributed by atoms with Gasteiger partial charge in [-0.3, -0.25) is 14.6 Å². The van der Waals surface area contributed by atoms with Gasteiger partial charge in [-0.25, -0.2) is 0 Å². The van der Waals surface area contributed by atoms with Crippen molar-refractivity contribution in [1.29, 1.82) is 0 Å². The third kappa shape index (κ3) is 2.72. The number of nitrogens with zero attached hydrogens (tertiary/aromatic N) is 3. The molecule has 23 heavy (non-hydrogen) atoms. The Balaban J connectivity index is 1.90. The Hall–Kier alpha value is -1.95. The molecular weight excluding hydrogens is 294 g/mol. The summed E-state index contributed by atoms with van der Waals surface area (Å²) in [7, 11) is 0. The number of hydrogen-bond acceptors (Lipinski definition) is 4. The molecule has 124 valence electrons. The van der Waals surface area contributed by atoms with E-state index in [9.17, 15) is 9.59 Å². The first-order valence-electron chi connectivity index (χ1n) is 8.22. The highest BCUT2D eigenvalue weighted by Crippen LogP contribution is 2.39. The molecule has 0 saturated carbocycles. The Morgan fingerprint density at radius 2 is 2.04 bits per heavy atom. The zero-order valence-electron chi connectivity index (χ0n) is 13.5. The largest absolute Gasteiger partial charge is 0.395 e. The molecule has 1 atom stereocenters. The van der Waals surface area contributed by atoms with Gasteiger partial charge < -0.3 is 14.9 Å². The van der Waals surface area contributed by atoms with Crippen LogP contribution in [0.25, 0.3) is 0 Å². The van der Waals surface area contributed by atoms with E-state index in [1.807, 2.05) is 13.0 Å². The second-order valence-electron chi connectivity index (χ2n) is 6.46. The summed E-state index contributed by atoms with van der Waals surface area (Å²) in [4.78, 5) is 33.4. The molecule has 1 N–H and O–H groups in total. The summed E-state index contributed by atoms with van der Waals surface area (Å²) in [6.45, 7) is 3.46. The van der Waals surface area contributed by atoms with E-state index in [-0.39, 0.29) is 18.4 Å². The zero-order valence-corrected chi connectivity index (χ0v) is 13.5. The van der Waals surface area contributed by atoms with Crippen LogP contribution in [0.5, 0.6) is 0 Å². The Morgan fingerprint density at radius 1 is 1.30 bits per heavy atom. The normalized spacial score (nSPS) is 24.5. The van der Waals surface area contributed by atoms with Gasteiger partial charge in [-0.2, -0.15) is 0 Å². The van der Waals surface area contributed by atoms with Gasteiger partial charge in [0.05, 0.1) is 12.2 Å². The van der Waals surface area contributed by atoms with Crippen LogP contribution in [0.1, 0.15) is 41.6 Å². The van der Waals surface area contributed by atoms with E-state index in [4.69, 9.17) is 5.11 Å². The Morgan fingerprint density at radius 3 is 2.74 bits per heavy atom. The molecule has 2 fully saturated rings. The van der Waals surface area contributed by atoms with Gasteiger partial charge in [-0.1, -0.05) is 0 Å². The molecule has 0 bridgehead atoms. The summed E-state index contributed by atoms with van der Waals surface area (Å²) in [5.74, 6) is -0.123. The molecular formula is C17H23N3O3. The van der Waals surface area contributed by atoms with Gasteiger partial charge in [0.2, 0.25) is 5.91 Å². The van der Waals surface area contributed by atoms with Crippen molar-refractivity contribution >= 4 is 11.8 Å². The van der Waals surface area contributed by atoms with Crippen molar-refractivity contribution in [1.82, 2.24) is 14.8 Å². The van der Waals surface area contributed by atoms with Crippen LogP contribution in [0.2, 0.25) is 0 Å². The van der Waals surface area contributed by atoms with Crippen LogP contribution in [0, 0.1) is 6.92 Å². The number of hydrogen-bond donors (Lipinski definition) is 1. The van der Waals surface area contributed by atoms with E-state index in [2.05, 4.69) is 4.98 Å². The van der Waals surface area contributed by atoms with Crippen LogP contribution < -0.4 is 0 Å². The number of rotatable bonds is 3. The van der Waals surface area contributed by atoms with E-state index in [0.29, 0.717) is 38.0 Å². The van der Waals surface area contributed by atoms with Gasteiger partial charge in [-0.15, -0.1) is 0 Å². The molecule has 2 aliphatic rings. The van der Waals surface area contributed by atoms with E-state index >= 15 is 0 Å². The lowest BCUT2D eigenvalue weighted by Gasteiger charge is -2.44. The predicted octanol–water partition coefficient (Wildman–Crippen LogP) is 0.980. The van der Waals surface area contributed by atoms with Crippen LogP contribution in [-0.4, -0.2) is 63.5 Å². The fourth-order valence-corrected chi connectivity index (χ4v) is 3.88. The maximum absolute atomic E-state index is 13.0. The maximum Gasteiger partial charge on any atom is 0.256 e. The fourth-order valence-electron chi connectivity index (χ4n) is 3.88. The minimum atomic E-state index is -0.728. The summed E-state index contributed by atoms with van der Waals surface area (Å²) in [5, 5.41) is 9.17. The van der Waals surface area contributed by atoms with Crippen LogP contribution in [0.4, 0.5) is 0 Å². The highest BCUT2D eigenvalue weighted by molar-refractivity contribution is 6.00. The number of piperidine rings is 1. The molecule has 1 spiro atoms. The average molecular weight is 317 g/mol. The smallest absolute Gasteiger partial charge is 0.256 e. The minimum absolute atomic E-state index is 0.00994. The van der Waals surface area contributed by atoms with Crippen LogP contribution >= 0.6 is 0 Å². The third-order valence-corrected chi connectivity index (χ3v) is 4.93. The lowest BCUT2D eigenvalue weighted by atomic mass is 9.85. The number of aliphatic hydroxyl groups is 1. The Labute approximate surface area is 136 Å². The molecule has 1 aromatic heterocycles. The predicted molar refractivity (Wildman–Crippen MR) is 84.9 cm³/mol. The number of aliphatic hydroxyl groups excluding tert-OH is 1. The number of amides is 2. The number of likely N-dealkylation sites (tertiary alicyclic amines) is 2. The van der Waals surface area contributed by atoms with Gasteiger partial charge in [0.1, 0.15) is 5.54 Å². The monoisotopic (exact) mass is 317 g/mol. The molecule has 3 heterocycles. The second-order valence-corrected chi connectivity index (χ2v) is 6.46. The number of pyridine rings is 1. The lowest BCUT2D eigenvalue weighted by Crippen LogP contribution is -2.61. The Kier molecular flexibility index (Phi) is 4.35. The van der Waals surface area contributed by atoms with Crippen molar-refractivity contribution in [2.45, 2.75) is 38.1 Å². The SMILES string of the molecule is Cc1cncc(C(=O)N2CCCC23CCCN(CCO)C3=O)c1. The molecule has 2 amide bonds. The van der Waals surface area contributed by atoms with Gasteiger partial charge in [0.25, 0.3) is 5.91 Å². The average Bonchev–Trinajstić information content (AvgIpc) is 2.96. The number of β-amino-alcohol motifs (C(OH)–C–C–N with tert-alkyl or cyclic N) is 1. The van der Waals surface area contributed by atoms with Gasteiger partial charge >= 0.3 is 0 Å². The minimum Gasteiger partial charge on any atom is -0.395 e. The van der Waals surface area contributed by atoms with Crippen LogP contribution in [-0.2, 0) is 4.79 Å². The number of carbonyl (C=O) groups is 2. The van der Waals surface area contributed by atoms with E-state index in [0.717, 1.165) is 18.4 Å². The summed E-state index contributed by atoms with van der Waals surface area (Å²) in [6, 6.07) is 1.82. The molecule has 2 saturated heterocycles. The first-order valence-corrected chi connectivity index (χ1v) is 8.22. The van der Waals surface area contributed by atoms with Crippen LogP contribution in [0.15, 0.2) is 18.5 Å². The van der Waals surface area contributed by atoms with Gasteiger partial charge in [0.15, 0.2) is 0 Å². The number of carbonyl (C=O) groups excluding carboxylic acids is 2. The van der Waals surface area contributed by atoms with Gasteiger partial charge in [0, 0.05) is 32.0 Å². The molecule has 6 nitrogen and oxygen atoms in total. The Bertz CT molecular complexity index is 617. The molecule has 0 aliphatic carbocycles. The quantitative estimate of drug-likeness (QED) is 0.902. The van der Waals surface area contributed by atoms with Gasteiger partial charge in [-0.05, 0) is 44.2 Å². The zero-order chi connectivity index (χ0) is 16.4. The van der Waals surface area contributed by atoms with E-state index < -0.39 is 5.54 Å². The summed E-state index contributed by atoms with van der Waals surface area (Å²) < 4.78 is 0. The molecule has 3 rings (SSSR count). The number of aromatic nitrogens is 1. The summed E-state index contributed by atoms with van der Waals surface area (Å²) >= 11 is 0. The summed E-state index contributed by atoms with van der Waals surface area (Å²) in [5.41, 5.74) is 0.744. The molecule has 6 heteroatoms. The third-order valence-electron chi connectivity index (χ3n) is 4.93.